The number of nitrogens with zero attached hydrogens (tertiary/aromatic N) is 1. The van der Waals surface area contributed by atoms with Gasteiger partial charge in [0.25, 0.3) is 0 Å². The fourth-order valence-electron chi connectivity index (χ4n) is 1.79. The second-order valence-electron chi connectivity index (χ2n) is 5.17. The lowest BCUT2D eigenvalue weighted by Crippen LogP contribution is -2.19. The molecule has 2 aromatic rings. The Kier molecular flexibility index (Phi) is 6.74. The minimum Gasteiger partial charge on any atom is -0.312 e. The van der Waals surface area contributed by atoms with E-state index in [1.54, 1.807) is 11.8 Å². The third-order valence-electron chi connectivity index (χ3n) is 2.83. The fourth-order valence-corrected chi connectivity index (χ4v) is 3.77. The number of hydrogen-bond donors (Lipinski definition) is 1. The number of aromatic nitrogens is 1. The van der Waals surface area contributed by atoms with Crippen LogP contribution in [0.15, 0.2) is 55.4 Å². The number of pyridine rings is 1. The molecule has 2 rings (SSSR count). The third-order valence-corrected chi connectivity index (χ3v) is 5.48. The summed E-state index contributed by atoms with van der Waals surface area (Å²) in [5.41, 5.74) is 1.28. The SMILES string of the molecule is CC(C)CNCc1ccc(Sc2ncccc2Br)cc1Br. The summed E-state index contributed by atoms with van der Waals surface area (Å²) < 4.78 is 2.16. The van der Waals surface area contributed by atoms with E-state index in [-0.39, 0.29) is 0 Å². The van der Waals surface area contributed by atoms with Crippen LogP contribution in [0.3, 0.4) is 0 Å². The monoisotopic (exact) mass is 428 g/mol. The quantitative estimate of drug-likeness (QED) is 0.655. The van der Waals surface area contributed by atoms with Crippen LogP contribution in [0.25, 0.3) is 0 Å². The molecule has 0 saturated carbocycles. The van der Waals surface area contributed by atoms with Gasteiger partial charge in [0, 0.05) is 22.1 Å². The molecule has 0 fully saturated rings. The molecule has 0 radical (unpaired) electrons. The second-order valence-corrected chi connectivity index (χ2v) is 7.94. The Morgan fingerprint density at radius 2 is 2.00 bits per heavy atom. The zero-order chi connectivity index (χ0) is 15.2. The molecule has 1 N–H and O–H groups in total. The Hall–Kier alpha value is -0.360. The largest absolute Gasteiger partial charge is 0.312 e. The zero-order valence-corrected chi connectivity index (χ0v) is 16.1. The van der Waals surface area contributed by atoms with E-state index in [2.05, 4.69) is 74.2 Å². The van der Waals surface area contributed by atoms with E-state index in [0.717, 1.165) is 27.1 Å². The summed E-state index contributed by atoms with van der Waals surface area (Å²) in [6.07, 6.45) is 1.81. The Morgan fingerprint density at radius 3 is 2.67 bits per heavy atom. The highest BCUT2D eigenvalue weighted by Crippen LogP contribution is 2.33. The number of hydrogen-bond acceptors (Lipinski definition) is 3. The van der Waals surface area contributed by atoms with Crippen molar-refractivity contribution in [2.75, 3.05) is 6.54 Å². The van der Waals surface area contributed by atoms with E-state index >= 15 is 0 Å². The number of halogens is 2. The van der Waals surface area contributed by atoms with E-state index < -0.39 is 0 Å². The molecule has 0 spiro atoms. The summed E-state index contributed by atoms with van der Waals surface area (Å²) in [5, 5.41) is 4.45. The van der Waals surface area contributed by atoms with Crippen molar-refractivity contribution in [2.45, 2.75) is 30.3 Å². The minimum absolute atomic E-state index is 0.667. The van der Waals surface area contributed by atoms with Gasteiger partial charge in [-0.1, -0.05) is 47.6 Å². The Bertz CT molecular complexity index is 603. The number of benzene rings is 1. The van der Waals surface area contributed by atoms with Crippen molar-refractivity contribution in [1.29, 1.82) is 0 Å². The lowest BCUT2D eigenvalue weighted by Gasteiger charge is -2.10. The number of nitrogens with one attached hydrogen (secondary N) is 1. The molecule has 21 heavy (non-hydrogen) atoms. The van der Waals surface area contributed by atoms with Gasteiger partial charge >= 0.3 is 0 Å². The fraction of sp³-hybridized carbons (Fsp3) is 0.312. The molecule has 0 amide bonds. The normalized spacial score (nSPS) is 11.1. The maximum atomic E-state index is 4.38. The van der Waals surface area contributed by atoms with Crippen molar-refractivity contribution in [3.05, 3.63) is 51.0 Å². The molecule has 1 aromatic carbocycles. The molecule has 0 saturated heterocycles. The van der Waals surface area contributed by atoms with Gasteiger partial charge < -0.3 is 5.32 Å². The molecule has 112 valence electrons. The average molecular weight is 430 g/mol. The maximum absolute atomic E-state index is 4.38. The molecule has 2 nitrogen and oxygen atoms in total. The van der Waals surface area contributed by atoms with Crippen LogP contribution in [0.2, 0.25) is 0 Å². The topological polar surface area (TPSA) is 24.9 Å². The predicted octanol–water partition coefficient (Wildman–Crippen LogP) is 5.50. The van der Waals surface area contributed by atoms with Gasteiger partial charge in [-0.3, -0.25) is 0 Å². The molecular weight excluding hydrogens is 412 g/mol. The molecule has 0 bridgehead atoms. The van der Waals surface area contributed by atoms with Gasteiger partial charge in [0.15, 0.2) is 0 Å². The van der Waals surface area contributed by atoms with Gasteiger partial charge in [-0.2, -0.15) is 0 Å². The molecule has 0 atom stereocenters. The standard InChI is InChI=1S/C16H18Br2N2S/c1-11(2)9-19-10-12-5-6-13(8-15(12)18)21-16-14(17)4-3-7-20-16/h3-8,11,19H,9-10H2,1-2H3. The molecule has 5 heteroatoms. The van der Waals surface area contributed by atoms with Crippen molar-refractivity contribution in [2.24, 2.45) is 5.92 Å². The van der Waals surface area contributed by atoms with Crippen LogP contribution >= 0.6 is 43.6 Å². The smallest absolute Gasteiger partial charge is 0.115 e. The molecular formula is C16H18Br2N2S. The molecule has 0 aliphatic heterocycles. The van der Waals surface area contributed by atoms with Crippen molar-refractivity contribution < 1.29 is 0 Å². The van der Waals surface area contributed by atoms with Gasteiger partial charge in [0.05, 0.1) is 4.47 Å². The third kappa shape index (κ3) is 5.40. The zero-order valence-electron chi connectivity index (χ0n) is 12.1. The average Bonchev–Trinajstić information content (AvgIpc) is 2.43. The number of rotatable bonds is 6. The summed E-state index contributed by atoms with van der Waals surface area (Å²) in [6.45, 7) is 6.35. The molecule has 0 unspecified atom stereocenters. The highest BCUT2D eigenvalue weighted by atomic mass is 79.9. The van der Waals surface area contributed by atoms with Gasteiger partial charge in [-0.15, -0.1) is 0 Å². The summed E-state index contributed by atoms with van der Waals surface area (Å²) in [4.78, 5) is 5.56. The lowest BCUT2D eigenvalue weighted by molar-refractivity contribution is 0.551. The van der Waals surface area contributed by atoms with Crippen LogP contribution in [0, 0.1) is 5.92 Å². The summed E-state index contributed by atoms with van der Waals surface area (Å²) in [6, 6.07) is 10.4. The van der Waals surface area contributed by atoms with Crippen LogP contribution < -0.4 is 5.32 Å². The minimum atomic E-state index is 0.667. The van der Waals surface area contributed by atoms with Crippen molar-refractivity contribution in [3.8, 4) is 0 Å². The maximum Gasteiger partial charge on any atom is 0.115 e. The van der Waals surface area contributed by atoms with E-state index in [0.29, 0.717) is 5.92 Å². The first kappa shape index (κ1) is 17.0. The van der Waals surface area contributed by atoms with E-state index in [1.807, 2.05) is 18.3 Å². The second kappa shape index (κ2) is 8.32. The molecule has 1 aromatic heterocycles. The van der Waals surface area contributed by atoms with Gasteiger partial charge in [0.2, 0.25) is 0 Å². The van der Waals surface area contributed by atoms with Gasteiger partial charge in [-0.05, 0) is 58.2 Å². The van der Waals surface area contributed by atoms with Crippen LogP contribution in [0.5, 0.6) is 0 Å². The highest BCUT2D eigenvalue weighted by Gasteiger charge is 2.06. The first-order valence-corrected chi connectivity index (χ1v) is 9.24. The Balaban J connectivity index is 2.03. The van der Waals surface area contributed by atoms with E-state index in [1.165, 1.54) is 10.5 Å². The van der Waals surface area contributed by atoms with Crippen molar-refractivity contribution in [1.82, 2.24) is 10.3 Å². The van der Waals surface area contributed by atoms with Crippen LogP contribution in [-0.4, -0.2) is 11.5 Å². The predicted molar refractivity (Wildman–Crippen MR) is 96.7 cm³/mol. The van der Waals surface area contributed by atoms with Crippen molar-refractivity contribution in [3.63, 3.8) is 0 Å². The first-order valence-electron chi connectivity index (χ1n) is 6.84. The Morgan fingerprint density at radius 1 is 1.19 bits per heavy atom. The Labute approximate surface area is 147 Å². The highest BCUT2D eigenvalue weighted by molar-refractivity contribution is 9.10. The van der Waals surface area contributed by atoms with E-state index in [9.17, 15) is 0 Å². The lowest BCUT2D eigenvalue weighted by atomic mass is 10.2. The molecule has 0 aliphatic carbocycles. The van der Waals surface area contributed by atoms with E-state index in [4.69, 9.17) is 0 Å². The van der Waals surface area contributed by atoms with Gasteiger partial charge in [-0.25, -0.2) is 4.98 Å². The first-order chi connectivity index (χ1) is 10.1. The van der Waals surface area contributed by atoms with Crippen molar-refractivity contribution >= 4 is 43.6 Å². The molecule has 0 aliphatic rings. The summed E-state index contributed by atoms with van der Waals surface area (Å²) >= 11 is 8.85. The molecule has 1 heterocycles. The summed E-state index contributed by atoms with van der Waals surface area (Å²) in [7, 11) is 0. The van der Waals surface area contributed by atoms with Crippen LogP contribution in [-0.2, 0) is 6.54 Å². The van der Waals surface area contributed by atoms with Crippen LogP contribution in [0.1, 0.15) is 19.4 Å². The summed E-state index contributed by atoms with van der Waals surface area (Å²) in [5.74, 6) is 0.667. The van der Waals surface area contributed by atoms with Crippen LogP contribution in [0.4, 0.5) is 0 Å². The van der Waals surface area contributed by atoms with Gasteiger partial charge in [0.1, 0.15) is 5.03 Å².